The molecular formula is C9H14O3S. The van der Waals surface area contributed by atoms with Crippen LogP contribution in [-0.4, -0.2) is 28.0 Å². The summed E-state index contributed by atoms with van der Waals surface area (Å²) in [6.45, 7) is 1.62. The van der Waals surface area contributed by atoms with E-state index in [4.69, 9.17) is 10.2 Å². The van der Waals surface area contributed by atoms with Crippen LogP contribution < -0.4 is 0 Å². The van der Waals surface area contributed by atoms with Crippen molar-refractivity contribution in [2.24, 2.45) is 0 Å². The first kappa shape index (κ1) is 10.7. The van der Waals surface area contributed by atoms with E-state index in [1.807, 2.05) is 13.0 Å². The number of hydrogen-bond acceptors (Lipinski definition) is 4. The summed E-state index contributed by atoms with van der Waals surface area (Å²) in [6.07, 6.45) is -1.12. The zero-order valence-corrected chi connectivity index (χ0v) is 8.29. The van der Waals surface area contributed by atoms with E-state index in [2.05, 4.69) is 0 Å². The van der Waals surface area contributed by atoms with Crippen molar-refractivity contribution in [3.63, 3.8) is 0 Å². The van der Waals surface area contributed by atoms with Crippen LogP contribution in [0.15, 0.2) is 12.1 Å². The predicted octanol–water partition coefficient (Wildman–Crippen LogP) is 0.697. The highest BCUT2D eigenvalue weighted by Gasteiger charge is 2.18. The van der Waals surface area contributed by atoms with Gasteiger partial charge in [-0.3, -0.25) is 0 Å². The fraction of sp³-hybridized carbons (Fsp3) is 0.556. The summed E-state index contributed by atoms with van der Waals surface area (Å²) in [5, 5.41) is 27.3. The summed E-state index contributed by atoms with van der Waals surface area (Å²) in [4.78, 5) is 1.87. The molecule has 1 heterocycles. The Balaban J connectivity index is 2.70. The first-order chi connectivity index (χ1) is 6.19. The fourth-order valence-corrected chi connectivity index (χ4v) is 2.03. The van der Waals surface area contributed by atoms with E-state index < -0.39 is 18.8 Å². The number of rotatable bonds is 4. The zero-order valence-electron chi connectivity index (χ0n) is 7.47. The summed E-state index contributed by atoms with van der Waals surface area (Å²) >= 11 is 1.46. The SMILES string of the molecule is CCc1ccc(C(O)C(O)CO)s1. The molecule has 0 amide bonds. The highest BCUT2D eigenvalue weighted by atomic mass is 32.1. The Morgan fingerprint density at radius 2 is 2.08 bits per heavy atom. The topological polar surface area (TPSA) is 60.7 Å². The van der Waals surface area contributed by atoms with Crippen molar-refractivity contribution in [3.8, 4) is 0 Å². The van der Waals surface area contributed by atoms with Crippen LogP contribution in [0.1, 0.15) is 22.8 Å². The average Bonchev–Trinajstić information content (AvgIpc) is 2.63. The van der Waals surface area contributed by atoms with E-state index >= 15 is 0 Å². The van der Waals surface area contributed by atoms with Crippen molar-refractivity contribution in [2.45, 2.75) is 25.6 Å². The average molecular weight is 202 g/mol. The van der Waals surface area contributed by atoms with Crippen LogP contribution in [0.25, 0.3) is 0 Å². The molecule has 2 unspecified atom stereocenters. The molecule has 0 aliphatic carbocycles. The quantitative estimate of drug-likeness (QED) is 0.673. The van der Waals surface area contributed by atoms with Crippen LogP contribution in [0.4, 0.5) is 0 Å². The molecule has 3 nitrogen and oxygen atoms in total. The largest absolute Gasteiger partial charge is 0.394 e. The van der Waals surface area contributed by atoms with Gasteiger partial charge in [0.2, 0.25) is 0 Å². The molecule has 74 valence electrons. The second-order valence-corrected chi connectivity index (χ2v) is 4.05. The third-order valence-corrected chi connectivity index (χ3v) is 3.17. The number of aryl methyl sites for hydroxylation is 1. The molecule has 0 aliphatic rings. The van der Waals surface area contributed by atoms with Crippen molar-refractivity contribution in [1.29, 1.82) is 0 Å². The maximum absolute atomic E-state index is 9.50. The summed E-state index contributed by atoms with van der Waals surface area (Å²) < 4.78 is 0. The Labute approximate surface area is 81.3 Å². The highest BCUT2D eigenvalue weighted by molar-refractivity contribution is 7.12. The molecule has 1 aromatic rings. The smallest absolute Gasteiger partial charge is 0.116 e. The lowest BCUT2D eigenvalue weighted by molar-refractivity contribution is -0.0135. The molecule has 0 spiro atoms. The maximum atomic E-state index is 9.50. The van der Waals surface area contributed by atoms with E-state index in [0.29, 0.717) is 4.88 Å². The number of aliphatic hydroxyl groups is 3. The molecule has 4 heteroatoms. The minimum absolute atomic E-state index is 0.416. The maximum Gasteiger partial charge on any atom is 0.116 e. The number of thiophene rings is 1. The molecule has 0 fully saturated rings. The molecule has 1 rings (SSSR count). The van der Waals surface area contributed by atoms with Crippen molar-refractivity contribution >= 4 is 11.3 Å². The van der Waals surface area contributed by atoms with Gasteiger partial charge in [-0.25, -0.2) is 0 Å². The summed E-state index contributed by atoms with van der Waals surface area (Å²) in [6, 6.07) is 3.71. The summed E-state index contributed by atoms with van der Waals surface area (Å²) in [7, 11) is 0. The van der Waals surface area contributed by atoms with Gasteiger partial charge < -0.3 is 15.3 Å². The van der Waals surface area contributed by atoms with E-state index in [9.17, 15) is 5.11 Å². The third kappa shape index (κ3) is 2.51. The van der Waals surface area contributed by atoms with Gasteiger partial charge in [0.25, 0.3) is 0 Å². The molecule has 0 aliphatic heterocycles. The predicted molar refractivity (Wildman–Crippen MR) is 51.7 cm³/mol. The van der Waals surface area contributed by atoms with Gasteiger partial charge >= 0.3 is 0 Å². The highest BCUT2D eigenvalue weighted by Crippen LogP contribution is 2.25. The Bertz CT molecular complexity index is 259. The molecule has 1 aromatic heterocycles. The van der Waals surface area contributed by atoms with Gasteiger partial charge in [-0.15, -0.1) is 11.3 Å². The second kappa shape index (κ2) is 4.72. The van der Waals surface area contributed by atoms with E-state index in [-0.39, 0.29) is 0 Å². The summed E-state index contributed by atoms with van der Waals surface area (Å²) in [5.74, 6) is 0. The Kier molecular flexibility index (Phi) is 3.87. The lowest BCUT2D eigenvalue weighted by atomic mass is 10.2. The van der Waals surface area contributed by atoms with Crippen LogP contribution >= 0.6 is 11.3 Å². The van der Waals surface area contributed by atoms with Gasteiger partial charge in [0.15, 0.2) is 0 Å². The standard InChI is InChI=1S/C9H14O3S/c1-2-6-3-4-8(13-6)9(12)7(11)5-10/h3-4,7,9-12H,2,5H2,1H3. The molecular weight excluding hydrogens is 188 g/mol. The third-order valence-electron chi connectivity index (χ3n) is 1.87. The van der Waals surface area contributed by atoms with E-state index in [0.717, 1.165) is 6.42 Å². The van der Waals surface area contributed by atoms with Crippen molar-refractivity contribution in [2.75, 3.05) is 6.61 Å². The lowest BCUT2D eigenvalue weighted by Gasteiger charge is -2.13. The number of hydrogen-bond donors (Lipinski definition) is 3. The van der Waals surface area contributed by atoms with Gasteiger partial charge in [0, 0.05) is 9.75 Å². The Morgan fingerprint density at radius 1 is 1.38 bits per heavy atom. The first-order valence-corrected chi connectivity index (χ1v) is 5.06. The second-order valence-electron chi connectivity index (χ2n) is 2.85. The minimum Gasteiger partial charge on any atom is -0.394 e. The molecule has 0 bridgehead atoms. The minimum atomic E-state index is -1.08. The van der Waals surface area contributed by atoms with Crippen LogP contribution in [0.5, 0.6) is 0 Å². The first-order valence-electron chi connectivity index (χ1n) is 4.24. The van der Waals surface area contributed by atoms with Crippen molar-refractivity contribution in [3.05, 3.63) is 21.9 Å². The molecule has 0 aromatic carbocycles. The molecule has 0 radical (unpaired) electrons. The van der Waals surface area contributed by atoms with Crippen molar-refractivity contribution in [1.82, 2.24) is 0 Å². The van der Waals surface area contributed by atoms with Gasteiger partial charge in [0.05, 0.1) is 6.61 Å². The molecule has 0 saturated heterocycles. The van der Waals surface area contributed by atoms with Crippen molar-refractivity contribution < 1.29 is 15.3 Å². The fourth-order valence-electron chi connectivity index (χ4n) is 1.03. The van der Waals surface area contributed by atoms with Crippen LogP contribution in [0.3, 0.4) is 0 Å². The molecule has 0 saturated carbocycles. The van der Waals surface area contributed by atoms with Gasteiger partial charge in [0.1, 0.15) is 12.2 Å². The Hall–Kier alpha value is -0.420. The van der Waals surface area contributed by atoms with Crippen LogP contribution in [0.2, 0.25) is 0 Å². The van der Waals surface area contributed by atoms with E-state index in [1.165, 1.54) is 16.2 Å². The molecule has 3 N–H and O–H groups in total. The molecule has 2 atom stereocenters. The van der Waals surface area contributed by atoms with Gasteiger partial charge in [-0.1, -0.05) is 6.92 Å². The van der Waals surface area contributed by atoms with Gasteiger partial charge in [-0.2, -0.15) is 0 Å². The Morgan fingerprint density at radius 3 is 2.54 bits per heavy atom. The van der Waals surface area contributed by atoms with Crippen LogP contribution in [-0.2, 0) is 6.42 Å². The zero-order chi connectivity index (χ0) is 9.84. The lowest BCUT2D eigenvalue weighted by Crippen LogP contribution is -2.21. The normalized spacial score (nSPS) is 15.7. The van der Waals surface area contributed by atoms with Gasteiger partial charge in [-0.05, 0) is 18.6 Å². The van der Waals surface area contributed by atoms with Crippen LogP contribution in [0, 0.1) is 0 Å². The molecule has 13 heavy (non-hydrogen) atoms. The number of aliphatic hydroxyl groups excluding tert-OH is 3. The monoisotopic (exact) mass is 202 g/mol. The summed E-state index contributed by atoms with van der Waals surface area (Å²) in [5.41, 5.74) is 0. The van der Waals surface area contributed by atoms with E-state index in [1.54, 1.807) is 6.07 Å².